The van der Waals surface area contributed by atoms with Crippen molar-refractivity contribution in [2.75, 3.05) is 7.11 Å². The van der Waals surface area contributed by atoms with Gasteiger partial charge in [-0.1, -0.05) is 37.7 Å². The number of carbonyl (C=O) groups excluding carboxylic acids is 1. The van der Waals surface area contributed by atoms with E-state index in [0.29, 0.717) is 11.3 Å². The molecule has 0 radical (unpaired) electrons. The zero-order chi connectivity index (χ0) is 13.2. The van der Waals surface area contributed by atoms with E-state index in [1.807, 2.05) is 12.1 Å². The lowest BCUT2D eigenvalue weighted by Gasteiger charge is -2.35. The van der Waals surface area contributed by atoms with Crippen LogP contribution in [0, 0.1) is 0 Å². The SMILES string of the molecule is COc1ccccc1[Si](C)(C)C1CCCC(=O)C1. The molecule has 1 saturated carbocycles. The highest BCUT2D eigenvalue weighted by Gasteiger charge is 2.38. The zero-order valence-corrected chi connectivity index (χ0v) is 12.5. The Hall–Kier alpha value is -1.09. The maximum atomic E-state index is 11.7. The lowest BCUT2D eigenvalue weighted by Crippen LogP contribution is -2.48. The van der Waals surface area contributed by atoms with Crippen LogP contribution in [-0.4, -0.2) is 21.0 Å². The van der Waals surface area contributed by atoms with Crippen LogP contribution in [0.1, 0.15) is 25.7 Å². The highest BCUT2D eigenvalue weighted by atomic mass is 28.3. The molecule has 0 aliphatic heterocycles. The summed E-state index contributed by atoms with van der Waals surface area (Å²) in [6.45, 7) is 4.74. The lowest BCUT2D eigenvalue weighted by atomic mass is 9.99. The number of methoxy groups -OCH3 is 1. The van der Waals surface area contributed by atoms with Crippen molar-refractivity contribution in [3.8, 4) is 5.75 Å². The molecular formula is C15H22O2Si. The Bertz CT molecular complexity index is 440. The van der Waals surface area contributed by atoms with Crippen molar-refractivity contribution >= 4 is 19.0 Å². The minimum atomic E-state index is -1.63. The average Bonchev–Trinajstić information content (AvgIpc) is 2.38. The van der Waals surface area contributed by atoms with Crippen LogP contribution in [-0.2, 0) is 4.79 Å². The molecule has 2 nitrogen and oxygen atoms in total. The van der Waals surface area contributed by atoms with Crippen molar-refractivity contribution in [3.05, 3.63) is 24.3 Å². The standard InChI is InChI=1S/C15H22O2Si/c1-17-14-9-4-5-10-15(14)18(2,3)13-8-6-7-12(16)11-13/h4-5,9-10,13H,6-8,11H2,1-3H3. The first-order valence-corrected chi connectivity index (χ1v) is 9.78. The van der Waals surface area contributed by atoms with Crippen molar-refractivity contribution in [3.63, 3.8) is 0 Å². The summed E-state index contributed by atoms with van der Waals surface area (Å²) in [7, 11) is 0.0997. The van der Waals surface area contributed by atoms with Crippen LogP contribution in [0.4, 0.5) is 0 Å². The number of hydrogen-bond donors (Lipinski definition) is 0. The molecule has 1 atom stereocenters. The Kier molecular flexibility index (Phi) is 3.90. The second-order valence-corrected chi connectivity index (χ2v) is 10.6. The molecule has 0 heterocycles. The third-order valence-corrected chi connectivity index (χ3v) is 8.64. The quantitative estimate of drug-likeness (QED) is 0.782. The van der Waals surface area contributed by atoms with Crippen LogP contribution in [0.2, 0.25) is 18.6 Å². The van der Waals surface area contributed by atoms with Gasteiger partial charge in [0, 0.05) is 12.8 Å². The van der Waals surface area contributed by atoms with E-state index in [-0.39, 0.29) is 0 Å². The van der Waals surface area contributed by atoms with Gasteiger partial charge in [-0.25, -0.2) is 0 Å². The molecule has 0 aromatic heterocycles. The minimum Gasteiger partial charge on any atom is -0.497 e. The number of ketones is 1. The topological polar surface area (TPSA) is 26.3 Å². The first kappa shape index (κ1) is 13.3. The number of para-hydroxylation sites is 1. The van der Waals surface area contributed by atoms with Crippen LogP contribution < -0.4 is 9.92 Å². The molecule has 0 bridgehead atoms. The van der Waals surface area contributed by atoms with Gasteiger partial charge in [0.05, 0.1) is 15.2 Å². The molecule has 98 valence electrons. The maximum Gasteiger partial charge on any atom is 0.132 e. The van der Waals surface area contributed by atoms with Gasteiger partial charge in [-0.2, -0.15) is 0 Å². The van der Waals surface area contributed by atoms with Gasteiger partial charge in [-0.3, -0.25) is 4.79 Å². The molecule has 3 heteroatoms. The van der Waals surface area contributed by atoms with Gasteiger partial charge in [0.2, 0.25) is 0 Å². The molecule has 1 aliphatic carbocycles. The van der Waals surface area contributed by atoms with Crippen LogP contribution in [0.15, 0.2) is 24.3 Å². The Labute approximate surface area is 110 Å². The molecule has 1 unspecified atom stereocenters. The number of ether oxygens (including phenoxy) is 1. The van der Waals surface area contributed by atoms with Crippen molar-refractivity contribution < 1.29 is 9.53 Å². The van der Waals surface area contributed by atoms with Crippen molar-refractivity contribution in [2.45, 2.75) is 44.3 Å². The average molecular weight is 262 g/mol. The fraction of sp³-hybridized carbons (Fsp3) is 0.533. The predicted molar refractivity (Wildman–Crippen MR) is 77.3 cm³/mol. The van der Waals surface area contributed by atoms with Crippen LogP contribution in [0.25, 0.3) is 0 Å². The predicted octanol–water partition coefficient (Wildman–Crippen LogP) is 3.12. The molecule has 2 rings (SSSR count). The molecule has 1 aromatic rings. The number of Topliss-reactive ketones (excluding diaryl/α,β-unsaturated/α-hetero) is 1. The van der Waals surface area contributed by atoms with Crippen LogP contribution >= 0.6 is 0 Å². The van der Waals surface area contributed by atoms with E-state index in [2.05, 4.69) is 25.2 Å². The van der Waals surface area contributed by atoms with E-state index in [0.717, 1.165) is 25.0 Å². The van der Waals surface area contributed by atoms with Gasteiger partial charge in [0.15, 0.2) is 0 Å². The maximum absolute atomic E-state index is 11.7. The number of benzene rings is 1. The minimum absolute atomic E-state index is 0.446. The molecule has 1 aromatic carbocycles. The molecular weight excluding hydrogens is 240 g/mol. The van der Waals surface area contributed by atoms with Gasteiger partial charge in [0.1, 0.15) is 11.5 Å². The lowest BCUT2D eigenvalue weighted by molar-refractivity contribution is -0.120. The summed E-state index contributed by atoms with van der Waals surface area (Å²) < 4.78 is 5.50. The van der Waals surface area contributed by atoms with Gasteiger partial charge in [-0.05, 0) is 23.2 Å². The molecule has 0 saturated heterocycles. The van der Waals surface area contributed by atoms with Crippen molar-refractivity contribution in [2.24, 2.45) is 0 Å². The fourth-order valence-electron chi connectivity index (χ4n) is 3.04. The van der Waals surface area contributed by atoms with E-state index in [1.165, 1.54) is 11.6 Å². The monoisotopic (exact) mass is 262 g/mol. The first-order valence-electron chi connectivity index (χ1n) is 6.71. The molecule has 0 N–H and O–H groups in total. The van der Waals surface area contributed by atoms with E-state index < -0.39 is 8.07 Å². The van der Waals surface area contributed by atoms with Gasteiger partial charge in [-0.15, -0.1) is 0 Å². The number of hydrogen-bond acceptors (Lipinski definition) is 2. The summed E-state index contributed by atoms with van der Waals surface area (Å²) in [5, 5.41) is 1.35. The summed E-state index contributed by atoms with van der Waals surface area (Å²) in [5.74, 6) is 1.44. The van der Waals surface area contributed by atoms with E-state index in [1.54, 1.807) is 7.11 Å². The summed E-state index contributed by atoms with van der Waals surface area (Å²) in [6, 6.07) is 8.31. The number of rotatable bonds is 3. The van der Waals surface area contributed by atoms with E-state index >= 15 is 0 Å². The van der Waals surface area contributed by atoms with Crippen molar-refractivity contribution in [1.29, 1.82) is 0 Å². The van der Waals surface area contributed by atoms with Crippen LogP contribution in [0.3, 0.4) is 0 Å². The smallest absolute Gasteiger partial charge is 0.132 e. The normalized spacial score (nSPS) is 20.8. The second-order valence-electron chi connectivity index (χ2n) is 5.75. The third-order valence-electron chi connectivity index (χ3n) is 4.30. The summed E-state index contributed by atoms with van der Waals surface area (Å²) in [4.78, 5) is 11.7. The highest BCUT2D eigenvalue weighted by Crippen LogP contribution is 2.36. The summed E-state index contributed by atoms with van der Waals surface area (Å²) in [6.07, 6.45) is 3.82. The van der Waals surface area contributed by atoms with Crippen molar-refractivity contribution in [1.82, 2.24) is 0 Å². The Morgan fingerprint density at radius 2 is 2.00 bits per heavy atom. The second kappa shape index (κ2) is 5.27. The molecule has 0 spiro atoms. The zero-order valence-electron chi connectivity index (χ0n) is 11.5. The highest BCUT2D eigenvalue weighted by molar-refractivity contribution is 6.91. The van der Waals surface area contributed by atoms with Crippen LogP contribution in [0.5, 0.6) is 5.75 Å². The Morgan fingerprint density at radius 3 is 2.67 bits per heavy atom. The largest absolute Gasteiger partial charge is 0.497 e. The molecule has 0 amide bonds. The van der Waals surface area contributed by atoms with Gasteiger partial charge < -0.3 is 4.74 Å². The number of carbonyl (C=O) groups is 1. The third kappa shape index (κ3) is 2.51. The summed E-state index contributed by atoms with van der Waals surface area (Å²) in [5.41, 5.74) is 0.565. The summed E-state index contributed by atoms with van der Waals surface area (Å²) >= 11 is 0. The fourth-order valence-corrected chi connectivity index (χ4v) is 6.49. The molecule has 18 heavy (non-hydrogen) atoms. The van der Waals surface area contributed by atoms with E-state index in [4.69, 9.17) is 4.74 Å². The Balaban J connectivity index is 2.31. The van der Waals surface area contributed by atoms with Gasteiger partial charge in [0.25, 0.3) is 0 Å². The Morgan fingerprint density at radius 1 is 1.28 bits per heavy atom. The first-order chi connectivity index (χ1) is 8.55. The van der Waals surface area contributed by atoms with E-state index in [9.17, 15) is 4.79 Å². The molecule has 1 fully saturated rings. The van der Waals surface area contributed by atoms with Gasteiger partial charge >= 0.3 is 0 Å². The molecule has 1 aliphatic rings.